The fourth-order valence-corrected chi connectivity index (χ4v) is 5.98. The third kappa shape index (κ3) is 7.44. The van der Waals surface area contributed by atoms with E-state index in [1.807, 2.05) is 30.9 Å². The summed E-state index contributed by atoms with van der Waals surface area (Å²) in [6.45, 7) is 6.33. The smallest absolute Gasteiger partial charge is 0.301 e. The Morgan fingerprint density at radius 1 is 1.18 bits per heavy atom. The van der Waals surface area contributed by atoms with Crippen molar-refractivity contribution in [2.24, 2.45) is 0 Å². The van der Waals surface area contributed by atoms with Gasteiger partial charge in [-0.1, -0.05) is 11.6 Å². The molecular weight excluding hydrogens is 515 g/mol. The Labute approximate surface area is 224 Å². The average molecular weight is 553 g/mol. The lowest BCUT2D eigenvalue weighted by molar-refractivity contribution is -0.120. The lowest BCUT2D eigenvalue weighted by Crippen LogP contribution is -2.47. The number of piperidine rings is 1. The van der Waals surface area contributed by atoms with E-state index in [4.69, 9.17) is 0 Å². The molecule has 2 aromatic rings. The molecule has 0 saturated carbocycles. The minimum Gasteiger partial charge on any atom is -0.352 e. The van der Waals surface area contributed by atoms with Gasteiger partial charge in [0, 0.05) is 49.3 Å². The molecule has 208 valence electrons. The molecular formula is C28H37F3N3O3S+. The van der Waals surface area contributed by atoms with E-state index in [9.17, 15) is 27.0 Å². The molecule has 1 saturated heterocycles. The molecule has 6 nitrogen and oxygen atoms in total. The monoisotopic (exact) mass is 552 g/mol. The van der Waals surface area contributed by atoms with Gasteiger partial charge < -0.3 is 10.6 Å². The number of halogens is 3. The lowest BCUT2D eigenvalue weighted by atomic mass is 9.93. The van der Waals surface area contributed by atoms with E-state index in [0.717, 1.165) is 24.5 Å². The van der Waals surface area contributed by atoms with Crippen LogP contribution in [0.4, 0.5) is 13.2 Å². The number of benzene rings is 2. The van der Waals surface area contributed by atoms with Gasteiger partial charge in [-0.25, -0.2) is 4.39 Å². The van der Waals surface area contributed by atoms with Crippen molar-refractivity contribution in [3.63, 3.8) is 0 Å². The second kappa shape index (κ2) is 12.9. The van der Waals surface area contributed by atoms with Crippen LogP contribution in [0.2, 0.25) is 0 Å². The number of nitrogens with one attached hydrogen (secondary N) is 2. The van der Waals surface area contributed by atoms with Crippen LogP contribution in [0.5, 0.6) is 0 Å². The predicted octanol–water partition coefficient (Wildman–Crippen LogP) is 4.47. The Morgan fingerprint density at radius 2 is 1.92 bits per heavy atom. The fourth-order valence-electron chi connectivity index (χ4n) is 4.93. The predicted molar refractivity (Wildman–Crippen MR) is 144 cm³/mol. The van der Waals surface area contributed by atoms with Gasteiger partial charge in [-0.2, -0.15) is 8.78 Å². The first-order valence-electron chi connectivity index (χ1n) is 12.8. The summed E-state index contributed by atoms with van der Waals surface area (Å²) in [6.07, 6.45) is 1.60. The van der Waals surface area contributed by atoms with E-state index in [2.05, 4.69) is 10.6 Å². The quantitative estimate of drug-likeness (QED) is 0.337. The first-order valence-corrected chi connectivity index (χ1v) is 14.3. The first-order chi connectivity index (χ1) is 17.9. The Morgan fingerprint density at radius 3 is 2.58 bits per heavy atom. The number of hydrogen-bond donors (Lipinski definition) is 2. The summed E-state index contributed by atoms with van der Waals surface area (Å²) in [6, 6.07) is 8.04. The van der Waals surface area contributed by atoms with Crippen molar-refractivity contribution in [1.82, 2.24) is 15.5 Å². The maximum absolute atomic E-state index is 14.8. The summed E-state index contributed by atoms with van der Waals surface area (Å²) >= 11 is 0. The van der Waals surface area contributed by atoms with E-state index in [-0.39, 0.29) is 36.2 Å². The Bertz CT molecular complexity index is 1210. The molecule has 0 bridgehead atoms. The van der Waals surface area contributed by atoms with E-state index < -0.39 is 34.9 Å². The number of aryl methyl sites for hydroxylation is 2. The van der Waals surface area contributed by atoms with Crippen molar-refractivity contribution in [3.8, 4) is 0 Å². The number of nitrogens with zero attached hydrogens (tertiary/aromatic N) is 1. The highest BCUT2D eigenvalue weighted by Crippen LogP contribution is 2.35. The number of carbonyl (C=O) groups is 2. The number of likely N-dealkylation sites (tertiary alicyclic amines) is 1. The lowest BCUT2D eigenvalue weighted by Gasteiger charge is -2.34. The Kier molecular flexibility index (Phi) is 10.1. The topological polar surface area (TPSA) is 78.5 Å². The molecule has 1 fully saturated rings. The van der Waals surface area contributed by atoms with E-state index >= 15 is 0 Å². The van der Waals surface area contributed by atoms with Gasteiger partial charge in [0.05, 0.1) is 0 Å². The second-order valence-electron chi connectivity index (χ2n) is 9.94. The highest BCUT2D eigenvalue weighted by atomic mass is 32.2. The van der Waals surface area contributed by atoms with Gasteiger partial charge in [0.15, 0.2) is 11.6 Å². The normalized spacial score (nSPS) is 17.2. The minimum absolute atomic E-state index is 0.0122. The molecule has 0 spiro atoms. The fraction of sp³-hybridized carbons (Fsp3) is 0.500. The number of alkyl halides is 3. The van der Waals surface area contributed by atoms with Crippen LogP contribution in [-0.4, -0.2) is 48.3 Å². The van der Waals surface area contributed by atoms with E-state index in [1.54, 1.807) is 19.1 Å². The number of amides is 2. The van der Waals surface area contributed by atoms with Crippen molar-refractivity contribution >= 4 is 22.6 Å². The summed E-state index contributed by atoms with van der Waals surface area (Å²) in [5, 5.41) is 5.63. The Balaban J connectivity index is 1.86. The van der Waals surface area contributed by atoms with Crippen molar-refractivity contribution in [3.05, 3.63) is 63.7 Å². The number of carbonyl (C=O) groups excluding carboxylic acids is 2. The van der Waals surface area contributed by atoms with Gasteiger partial charge in [-0.3, -0.25) is 14.5 Å². The van der Waals surface area contributed by atoms with Crippen molar-refractivity contribution < 1.29 is 27.0 Å². The van der Waals surface area contributed by atoms with Crippen LogP contribution in [-0.2, 0) is 38.8 Å². The summed E-state index contributed by atoms with van der Waals surface area (Å²) in [5.74, 6) is -4.01. The van der Waals surface area contributed by atoms with Crippen LogP contribution in [0.25, 0.3) is 0 Å². The molecule has 2 amide bonds. The maximum atomic E-state index is 14.8. The van der Waals surface area contributed by atoms with Gasteiger partial charge in [0.1, 0.15) is 16.6 Å². The zero-order chi connectivity index (χ0) is 28.0. The van der Waals surface area contributed by atoms with Crippen molar-refractivity contribution in [2.45, 2.75) is 70.5 Å². The highest BCUT2D eigenvalue weighted by molar-refractivity contribution is 7.85. The standard InChI is InChI=1S/C28H36F3N3O3S/c1-5-38(37)26-9-8-18(2)11-22(26)14-32-27(36)21-12-19(3)24(25(13-21)28(30,31)17-29)16-34-10-6-7-23(15-34)33-20(4)35/h8-9,11-13,23H,5-7,10,14-17H2,1-4H3,(H,32,36)(H,33,35)/p+1. The molecule has 10 heteroatoms. The molecule has 0 aliphatic carbocycles. The van der Waals surface area contributed by atoms with Gasteiger partial charge in [0.25, 0.3) is 5.91 Å². The molecule has 2 atom stereocenters. The number of rotatable bonds is 10. The van der Waals surface area contributed by atoms with Crippen LogP contribution in [0.1, 0.15) is 64.9 Å². The highest BCUT2D eigenvalue weighted by Gasteiger charge is 2.36. The molecule has 1 heterocycles. The van der Waals surface area contributed by atoms with Gasteiger partial charge >= 0.3 is 5.92 Å². The Hall–Kier alpha value is -2.72. The summed E-state index contributed by atoms with van der Waals surface area (Å²) in [5.41, 5.74) is 1.92. The van der Waals surface area contributed by atoms with Crippen molar-refractivity contribution in [2.75, 3.05) is 25.5 Å². The molecule has 1 aliphatic rings. The molecule has 0 aromatic heterocycles. The van der Waals surface area contributed by atoms with Crippen LogP contribution in [0, 0.1) is 13.8 Å². The minimum atomic E-state index is -3.76. The number of hydrogen-bond acceptors (Lipinski definition) is 4. The van der Waals surface area contributed by atoms with E-state index in [0.29, 0.717) is 34.9 Å². The van der Waals surface area contributed by atoms with Gasteiger partial charge in [0.2, 0.25) is 5.91 Å². The SMILES string of the molecule is CC[SH+](=O)c1ccc(C)cc1CNC(=O)c1cc(C)c(CN2CCCC(NC(C)=O)C2)c(C(F)(F)CF)c1. The van der Waals surface area contributed by atoms with Crippen molar-refractivity contribution in [1.29, 1.82) is 0 Å². The van der Waals surface area contributed by atoms with Crippen LogP contribution in [0.3, 0.4) is 0 Å². The summed E-state index contributed by atoms with van der Waals surface area (Å²) in [7, 11) is -1.61. The summed E-state index contributed by atoms with van der Waals surface area (Å²) < 4.78 is 55.6. The molecule has 2 aromatic carbocycles. The maximum Gasteiger partial charge on any atom is 0.301 e. The largest absolute Gasteiger partial charge is 0.352 e. The zero-order valence-corrected chi connectivity index (χ0v) is 23.3. The molecule has 1 aliphatic heterocycles. The van der Waals surface area contributed by atoms with Gasteiger partial charge in [-0.05, 0) is 75.5 Å². The zero-order valence-electron chi connectivity index (χ0n) is 22.4. The molecule has 38 heavy (non-hydrogen) atoms. The second-order valence-corrected chi connectivity index (χ2v) is 11.8. The molecule has 0 radical (unpaired) electrons. The number of thiol groups is 1. The summed E-state index contributed by atoms with van der Waals surface area (Å²) in [4.78, 5) is 27.1. The first kappa shape index (κ1) is 29.8. The molecule has 3 rings (SSSR count). The third-order valence-electron chi connectivity index (χ3n) is 6.82. The van der Waals surface area contributed by atoms with Crippen LogP contribution >= 0.6 is 0 Å². The van der Waals surface area contributed by atoms with Gasteiger partial charge in [-0.15, -0.1) is 4.21 Å². The van der Waals surface area contributed by atoms with Crippen LogP contribution in [0.15, 0.2) is 35.2 Å². The average Bonchev–Trinajstić information content (AvgIpc) is 2.87. The third-order valence-corrected chi connectivity index (χ3v) is 8.37. The van der Waals surface area contributed by atoms with E-state index in [1.165, 1.54) is 6.92 Å². The van der Waals surface area contributed by atoms with Crippen LogP contribution < -0.4 is 10.6 Å². The molecule has 2 N–H and O–H groups in total. The molecule has 2 unspecified atom stereocenters.